The summed E-state index contributed by atoms with van der Waals surface area (Å²) in [6.07, 6.45) is 2.95. The first kappa shape index (κ1) is 21.3. The zero-order chi connectivity index (χ0) is 19.3. The maximum absolute atomic E-state index is 15.2. The quantitative estimate of drug-likeness (QED) is 0.749. The van der Waals surface area contributed by atoms with E-state index in [-0.39, 0.29) is 18.0 Å². The minimum Gasteiger partial charge on any atom is -0.453 e. The molecule has 1 aliphatic heterocycles. The maximum atomic E-state index is 15.2. The first-order valence-electron chi connectivity index (χ1n) is 7.81. The third kappa shape index (κ3) is 3.34. The van der Waals surface area contributed by atoms with Crippen LogP contribution in [0.25, 0.3) is 11.1 Å². The number of halogens is 5. The van der Waals surface area contributed by atoms with Crippen LogP contribution in [-0.2, 0) is 10.3 Å². The van der Waals surface area contributed by atoms with Crippen LogP contribution in [0, 0.1) is 5.82 Å². The second-order valence-electron chi connectivity index (χ2n) is 6.80. The third-order valence-corrected chi connectivity index (χ3v) is 4.80. The molecule has 0 saturated heterocycles. The van der Waals surface area contributed by atoms with E-state index in [0.29, 0.717) is 16.1 Å². The number of aromatic nitrogens is 1. The summed E-state index contributed by atoms with van der Waals surface area (Å²) in [5.74, 6) is -4.35. The minimum atomic E-state index is -3.53. The molecule has 2 heterocycles. The van der Waals surface area contributed by atoms with Crippen LogP contribution in [0.4, 0.5) is 13.2 Å². The van der Waals surface area contributed by atoms with Gasteiger partial charge in [-0.25, -0.2) is 9.38 Å². The van der Waals surface area contributed by atoms with Crippen molar-refractivity contribution in [1.82, 2.24) is 4.98 Å². The largest absolute Gasteiger partial charge is 0.453 e. The van der Waals surface area contributed by atoms with Crippen LogP contribution < -0.4 is 5.73 Å². The van der Waals surface area contributed by atoms with E-state index in [1.165, 1.54) is 38.4 Å². The Hall–Kier alpha value is -1.99. The SMILES string of the molecule is CC1(C)OC(N)=N[C@](C)(c2cc(-c3cncc(Cl)c3)ccc2F)C1(F)F.Cl. The highest BCUT2D eigenvalue weighted by Crippen LogP contribution is 2.52. The first-order chi connectivity index (χ1) is 12.0. The molecule has 2 N–H and O–H groups in total. The fraction of sp³-hybridized carbons (Fsp3) is 0.333. The Labute approximate surface area is 166 Å². The summed E-state index contributed by atoms with van der Waals surface area (Å²) in [7, 11) is 0. The molecule has 0 fully saturated rings. The van der Waals surface area contributed by atoms with Crippen LogP contribution in [0.3, 0.4) is 0 Å². The van der Waals surface area contributed by atoms with Gasteiger partial charge < -0.3 is 10.5 Å². The van der Waals surface area contributed by atoms with Gasteiger partial charge in [0, 0.05) is 23.5 Å². The molecule has 0 saturated carbocycles. The highest BCUT2D eigenvalue weighted by molar-refractivity contribution is 6.30. The van der Waals surface area contributed by atoms with Crippen LogP contribution in [0.15, 0.2) is 41.7 Å². The molecule has 4 nitrogen and oxygen atoms in total. The summed E-state index contributed by atoms with van der Waals surface area (Å²) in [5.41, 5.74) is 2.15. The highest BCUT2D eigenvalue weighted by atomic mass is 35.5. The number of ether oxygens (including phenoxy) is 1. The van der Waals surface area contributed by atoms with Crippen LogP contribution in [0.1, 0.15) is 26.3 Å². The summed E-state index contributed by atoms with van der Waals surface area (Å²) in [5, 5.41) is 0.374. The number of hydrogen-bond acceptors (Lipinski definition) is 4. The van der Waals surface area contributed by atoms with Gasteiger partial charge in [0.25, 0.3) is 6.02 Å². The molecule has 1 aliphatic rings. The molecule has 0 amide bonds. The molecule has 1 aromatic heterocycles. The first-order valence-corrected chi connectivity index (χ1v) is 8.19. The highest BCUT2D eigenvalue weighted by Gasteiger charge is 2.66. The van der Waals surface area contributed by atoms with Gasteiger partial charge >= 0.3 is 5.92 Å². The molecule has 0 bridgehead atoms. The van der Waals surface area contributed by atoms with Crippen molar-refractivity contribution in [2.24, 2.45) is 10.7 Å². The Balaban J connectivity index is 0.00000261. The number of alkyl halides is 2. The molecule has 146 valence electrons. The smallest absolute Gasteiger partial charge is 0.315 e. The molecule has 0 spiro atoms. The number of nitrogens with two attached hydrogens (primary N) is 1. The lowest BCUT2D eigenvalue weighted by Gasteiger charge is -2.46. The lowest BCUT2D eigenvalue weighted by Crippen LogP contribution is -2.62. The van der Waals surface area contributed by atoms with E-state index in [9.17, 15) is 4.39 Å². The summed E-state index contributed by atoms with van der Waals surface area (Å²) in [4.78, 5) is 7.75. The Kier molecular flexibility index (Phi) is 5.42. The van der Waals surface area contributed by atoms with Crippen molar-refractivity contribution in [3.05, 3.63) is 53.1 Å². The molecule has 1 aromatic carbocycles. The fourth-order valence-corrected chi connectivity index (χ4v) is 3.28. The van der Waals surface area contributed by atoms with E-state index >= 15 is 8.78 Å². The predicted octanol–water partition coefficient (Wildman–Crippen LogP) is 4.94. The van der Waals surface area contributed by atoms with Crippen LogP contribution in [-0.4, -0.2) is 22.5 Å². The fourth-order valence-electron chi connectivity index (χ4n) is 3.10. The summed E-state index contributed by atoms with van der Waals surface area (Å²) >= 11 is 5.93. The van der Waals surface area contributed by atoms with E-state index in [4.69, 9.17) is 22.1 Å². The molecule has 3 rings (SSSR count). The van der Waals surface area contributed by atoms with E-state index in [1.807, 2.05) is 0 Å². The van der Waals surface area contributed by atoms with Gasteiger partial charge in [-0.1, -0.05) is 17.7 Å². The summed E-state index contributed by atoms with van der Waals surface area (Å²) in [6.45, 7) is 3.52. The molecule has 1 atom stereocenters. The number of hydrogen-bond donors (Lipinski definition) is 1. The normalized spacial score (nSPS) is 23.0. The maximum Gasteiger partial charge on any atom is 0.315 e. The average molecular weight is 420 g/mol. The lowest BCUT2D eigenvalue weighted by molar-refractivity contribution is -0.207. The van der Waals surface area contributed by atoms with Gasteiger partial charge in [-0.05, 0) is 44.5 Å². The van der Waals surface area contributed by atoms with E-state index in [2.05, 4.69) is 9.98 Å². The molecular formula is C18H18Cl2F3N3O. The van der Waals surface area contributed by atoms with Crippen molar-refractivity contribution in [2.75, 3.05) is 0 Å². The van der Waals surface area contributed by atoms with Crippen LogP contribution in [0.2, 0.25) is 5.02 Å². The van der Waals surface area contributed by atoms with Crippen LogP contribution >= 0.6 is 24.0 Å². The van der Waals surface area contributed by atoms with Gasteiger partial charge in [0.2, 0.25) is 0 Å². The predicted molar refractivity (Wildman–Crippen MR) is 101 cm³/mol. The van der Waals surface area contributed by atoms with Crippen molar-refractivity contribution in [3.63, 3.8) is 0 Å². The van der Waals surface area contributed by atoms with E-state index < -0.39 is 28.9 Å². The van der Waals surface area contributed by atoms with Crippen molar-refractivity contribution in [3.8, 4) is 11.1 Å². The number of rotatable bonds is 2. The van der Waals surface area contributed by atoms with E-state index in [0.717, 1.165) is 13.0 Å². The van der Waals surface area contributed by atoms with Gasteiger partial charge in [0.15, 0.2) is 11.1 Å². The number of benzene rings is 1. The summed E-state index contributed by atoms with van der Waals surface area (Å²) in [6, 6.07) is 5.08. The number of pyridine rings is 1. The van der Waals surface area contributed by atoms with Crippen molar-refractivity contribution >= 4 is 30.0 Å². The van der Waals surface area contributed by atoms with Crippen molar-refractivity contribution in [2.45, 2.75) is 37.8 Å². The zero-order valence-electron chi connectivity index (χ0n) is 14.8. The van der Waals surface area contributed by atoms with Gasteiger partial charge in [0.05, 0.1) is 5.02 Å². The Bertz CT molecular complexity index is 905. The number of amidine groups is 1. The van der Waals surface area contributed by atoms with Crippen molar-refractivity contribution in [1.29, 1.82) is 0 Å². The second kappa shape index (κ2) is 6.87. The summed E-state index contributed by atoms with van der Waals surface area (Å²) < 4.78 is 50.0. The number of nitrogens with zero attached hydrogens (tertiary/aromatic N) is 2. The Morgan fingerprint density at radius 3 is 2.37 bits per heavy atom. The lowest BCUT2D eigenvalue weighted by atomic mass is 9.76. The van der Waals surface area contributed by atoms with Gasteiger partial charge in [-0.15, -0.1) is 12.4 Å². The zero-order valence-corrected chi connectivity index (χ0v) is 16.3. The Morgan fingerprint density at radius 2 is 1.74 bits per heavy atom. The van der Waals surface area contributed by atoms with Gasteiger partial charge in [-0.2, -0.15) is 8.78 Å². The molecular weight excluding hydrogens is 402 g/mol. The monoisotopic (exact) mass is 419 g/mol. The second-order valence-corrected chi connectivity index (χ2v) is 7.23. The molecule has 0 unspecified atom stereocenters. The molecule has 2 aromatic rings. The minimum absolute atomic E-state index is 0. The van der Waals surface area contributed by atoms with Crippen LogP contribution in [0.5, 0.6) is 0 Å². The van der Waals surface area contributed by atoms with E-state index in [1.54, 1.807) is 6.07 Å². The molecule has 0 radical (unpaired) electrons. The van der Waals surface area contributed by atoms with Gasteiger partial charge in [0.1, 0.15) is 5.82 Å². The molecule has 0 aliphatic carbocycles. The van der Waals surface area contributed by atoms with Crippen molar-refractivity contribution < 1.29 is 17.9 Å². The Morgan fingerprint density at radius 1 is 1.07 bits per heavy atom. The average Bonchev–Trinajstić information content (AvgIpc) is 2.53. The number of aliphatic imine (C=N–C) groups is 1. The molecule has 9 heteroatoms. The standard InChI is InChI=1S/C18H17ClF3N3O.ClH/c1-16(2)18(21,22)17(3,25-15(23)26-16)13-7-10(4-5-14(13)20)11-6-12(19)9-24-8-11;/h4-9H,1-3H3,(H2,23,25);1H/t17-;/m1./s1. The molecule has 27 heavy (non-hydrogen) atoms. The van der Waals surface area contributed by atoms with Gasteiger partial charge in [-0.3, -0.25) is 4.98 Å². The topological polar surface area (TPSA) is 60.5 Å². The third-order valence-electron chi connectivity index (χ3n) is 4.59.